The largest absolute Gasteiger partial charge is 0.366 e. The van der Waals surface area contributed by atoms with E-state index in [1.165, 1.54) is 9.13 Å². The molecule has 1 aromatic heterocycles. The Morgan fingerprint density at radius 1 is 1.28 bits per heavy atom. The van der Waals surface area contributed by atoms with Crippen LogP contribution in [0.1, 0.15) is 44.2 Å². The third kappa shape index (κ3) is 5.43. The van der Waals surface area contributed by atoms with Crippen LogP contribution in [0, 0.1) is 11.8 Å². The predicted molar refractivity (Wildman–Crippen MR) is 113 cm³/mol. The topological polar surface area (TPSA) is 82.3 Å². The average Bonchev–Trinajstić information content (AvgIpc) is 2.99. The van der Waals surface area contributed by atoms with E-state index in [4.69, 9.17) is 4.74 Å². The number of rotatable bonds is 11. The predicted octanol–water partition coefficient (Wildman–Crippen LogP) is 1.82. The van der Waals surface area contributed by atoms with E-state index in [1.807, 2.05) is 19.2 Å². The highest BCUT2D eigenvalue weighted by atomic mass is 16.5. The molecule has 0 aliphatic rings. The standard InChI is InChI=1S/C22H29N3O4/c1-4-19(12-13-23-2)29-15-7-9-17-8-5-11-20-21(17)24(3)22(28)25(20)18(16-27)10-6-14-26/h5,8,11,14,16,18-19,23H,4,6,10,12-13,15H2,1-3H3. The summed E-state index contributed by atoms with van der Waals surface area (Å²) in [5.74, 6) is 6.13. The van der Waals surface area contributed by atoms with Crippen molar-refractivity contribution < 1.29 is 14.3 Å². The average molecular weight is 399 g/mol. The molecule has 0 saturated carbocycles. The zero-order valence-corrected chi connectivity index (χ0v) is 17.3. The number of nitrogens with zero attached hydrogens (tertiary/aromatic N) is 2. The molecule has 0 aliphatic heterocycles. The SMILES string of the molecule is CCC(CCNC)OCC#Cc1cccc2c1n(C)c(=O)n2C(C=O)CCC=O. The quantitative estimate of drug-likeness (QED) is 0.460. The number of hydrogen-bond acceptors (Lipinski definition) is 5. The van der Waals surface area contributed by atoms with Gasteiger partial charge in [-0.25, -0.2) is 4.79 Å². The second-order valence-electron chi connectivity index (χ2n) is 6.87. The Kier molecular flexibility index (Phi) is 8.84. The molecule has 0 aliphatic carbocycles. The fraction of sp³-hybridized carbons (Fsp3) is 0.500. The summed E-state index contributed by atoms with van der Waals surface area (Å²) in [5.41, 5.74) is 1.71. The van der Waals surface area contributed by atoms with E-state index in [2.05, 4.69) is 24.1 Å². The molecule has 0 amide bonds. The molecular formula is C22H29N3O4. The normalized spacial score (nSPS) is 12.9. The highest BCUT2D eigenvalue weighted by Gasteiger charge is 2.19. The van der Waals surface area contributed by atoms with Crippen molar-refractivity contribution in [1.82, 2.24) is 14.5 Å². The first kappa shape index (κ1) is 22.6. The molecule has 0 bridgehead atoms. The number of benzene rings is 1. The molecule has 0 fully saturated rings. The van der Waals surface area contributed by atoms with Crippen LogP contribution >= 0.6 is 0 Å². The fourth-order valence-electron chi connectivity index (χ4n) is 3.36. The van der Waals surface area contributed by atoms with E-state index in [-0.39, 0.29) is 18.2 Å². The Hall–Kier alpha value is -2.69. The summed E-state index contributed by atoms with van der Waals surface area (Å²) in [4.78, 5) is 35.0. The lowest BCUT2D eigenvalue weighted by atomic mass is 10.1. The van der Waals surface area contributed by atoms with Gasteiger partial charge in [-0.2, -0.15) is 0 Å². The van der Waals surface area contributed by atoms with Crippen LogP contribution < -0.4 is 11.0 Å². The molecule has 1 N–H and O–H groups in total. The number of carbonyl (C=O) groups excluding carboxylic acids is 2. The maximum Gasteiger partial charge on any atom is 0.329 e. The maximum absolute atomic E-state index is 12.8. The van der Waals surface area contributed by atoms with Gasteiger partial charge in [0.05, 0.1) is 28.7 Å². The lowest BCUT2D eigenvalue weighted by molar-refractivity contribution is -0.111. The Bertz CT molecular complexity index is 949. The van der Waals surface area contributed by atoms with E-state index < -0.39 is 6.04 Å². The number of aldehydes is 2. The molecule has 2 rings (SSSR count). The van der Waals surface area contributed by atoms with E-state index >= 15 is 0 Å². The summed E-state index contributed by atoms with van der Waals surface area (Å²) in [7, 11) is 3.58. The first-order chi connectivity index (χ1) is 14.1. The van der Waals surface area contributed by atoms with Gasteiger partial charge in [0, 0.05) is 13.5 Å². The molecule has 2 aromatic rings. The van der Waals surface area contributed by atoms with Crippen LogP contribution in [0.25, 0.3) is 11.0 Å². The summed E-state index contributed by atoms with van der Waals surface area (Å²) < 4.78 is 8.76. The molecule has 7 nitrogen and oxygen atoms in total. The zero-order valence-electron chi connectivity index (χ0n) is 17.3. The van der Waals surface area contributed by atoms with Gasteiger partial charge in [-0.1, -0.05) is 24.8 Å². The molecule has 1 heterocycles. The molecule has 29 heavy (non-hydrogen) atoms. The van der Waals surface area contributed by atoms with E-state index in [0.29, 0.717) is 35.9 Å². The number of para-hydroxylation sites is 1. The third-order valence-corrected chi connectivity index (χ3v) is 4.96. The zero-order chi connectivity index (χ0) is 21.2. The Morgan fingerprint density at radius 2 is 2.07 bits per heavy atom. The van der Waals surface area contributed by atoms with Crippen molar-refractivity contribution in [3.63, 3.8) is 0 Å². The van der Waals surface area contributed by atoms with Gasteiger partial charge < -0.3 is 19.6 Å². The highest BCUT2D eigenvalue weighted by Crippen LogP contribution is 2.21. The summed E-state index contributed by atoms with van der Waals surface area (Å²) >= 11 is 0. The Balaban J connectivity index is 2.31. The van der Waals surface area contributed by atoms with Crippen LogP contribution in [0.15, 0.2) is 23.0 Å². The number of carbonyl (C=O) groups is 2. The smallest absolute Gasteiger partial charge is 0.329 e. The number of imidazole rings is 1. The fourth-order valence-corrected chi connectivity index (χ4v) is 3.36. The van der Waals surface area contributed by atoms with Crippen molar-refractivity contribution >= 4 is 23.6 Å². The molecule has 0 radical (unpaired) electrons. The second-order valence-corrected chi connectivity index (χ2v) is 6.87. The molecule has 0 spiro atoms. The van der Waals surface area contributed by atoms with Gasteiger partial charge in [0.15, 0.2) is 0 Å². The molecule has 7 heteroatoms. The summed E-state index contributed by atoms with van der Waals surface area (Å²) in [6.07, 6.45) is 3.98. The van der Waals surface area contributed by atoms with Crippen LogP contribution in [-0.4, -0.2) is 48.0 Å². The van der Waals surface area contributed by atoms with Gasteiger partial charge >= 0.3 is 5.69 Å². The van der Waals surface area contributed by atoms with E-state index in [9.17, 15) is 14.4 Å². The summed E-state index contributed by atoms with van der Waals surface area (Å²) in [6, 6.07) is 4.77. The first-order valence-electron chi connectivity index (χ1n) is 9.92. The number of aryl methyl sites for hydroxylation is 1. The van der Waals surface area contributed by atoms with Gasteiger partial charge in [-0.3, -0.25) is 9.13 Å². The lowest BCUT2D eigenvalue weighted by Gasteiger charge is -2.13. The number of hydrogen-bond donors (Lipinski definition) is 1. The molecule has 0 saturated heterocycles. The number of fused-ring (bicyclic) bond motifs is 1. The van der Waals surface area contributed by atoms with Crippen LogP contribution in [0.5, 0.6) is 0 Å². The molecule has 2 atom stereocenters. The minimum atomic E-state index is -0.680. The Morgan fingerprint density at radius 3 is 2.72 bits per heavy atom. The van der Waals surface area contributed by atoms with Crippen molar-refractivity contribution in [1.29, 1.82) is 0 Å². The second kappa shape index (κ2) is 11.3. The van der Waals surface area contributed by atoms with Crippen molar-refractivity contribution in [3.8, 4) is 11.8 Å². The molecule has 156 valence electrons. The van der Waals surface area contributed by atoms with Crippen molar-refractivity contribution in [2.24, 2.45) is 7.05 Å². The minimum Gasteiger partial charge on any atom is -0.366 e. The Labute approximate surface area is 171 Å². The van der Waals surface area contributed by atoms with Gasteiger partial charge in [0.1, 0.15) is 19.2 Å². The van der Waals surface area contributed by atoms with Gasteiger partial charge in [-0.15, -0.1) is 0 Å². The summed E-state index contributed by atoms with van der Waals surface area (Å²) in [5, 5.41) is 3.11. The lowest BCUT2D eigenvalue weighted by Crippen LogP contribution is -2.27. The van der Waals surface area contributed by atoms with Crippen LogP contribution in [0.4, 0.5) is 0 Å². The third-order valence-electron chi connectivity index (χ3n) is 4.96. The maximum atomic E-state index is 12.8. The number of aromatic nitrogens is 2. The number of ether oxygens (including phenoxy) is 1. The van der Waals surface area contributed by atoms with Crippen LogP contribution in [-0.2, 0) is 21.4 Å². The van der Waals surface area contributed by atoms with Crippen molar-refractivity contribution in [2.45, 2.75) is 44.8 Å². The highest BCUT2D eigenvalue weighted by molar-refractivity contribution is 5.83. The molecular weight excluding hydrogens is 370 g/mol. The summed E-state index contributed by atoms with van der Waals surface area (Å²) in [6.45, 7) is 3.29. The van der Waals surface area contributed by atoms with E-state index in [0.717, 1.165) is 25.7 Å². The van der Waals surface area contributed by atoms with Gasteiger partial charge in [0.2, 0.25) is 0 Å². The molecule has 1 aromatic carbocycles. The van der Waals surface area contributed by atoms with Crippen LogP contribution in [0.3, 0.4) is 0 Å². The minimum absolute atomic E-state index is 0.157. The molecule has 2 unspecified atom stereocenters. The number of nitrogens with one attached hydrogen (secondary N) is 1. The van der Waals surface area contributed by atoms with Crippen molar-refractivity contribution in [2.75, 3.05) is 20.2 Å². The van der Waals surface area contributed by atoms with Gasteiger partial charge in [0.25, 0.3) is 0 Å². The van der Waals surface area contributed by atoms with E-state index in [1.54, 1.807) is 13.1 Å². The first-order valence-corrected chi connectivity index (χ1v) is 9.92. The monoisotopic (exact) mass is 399 g/mol. The van der Waals surface area contributed by atoms with Gasteiger partial charge in [-0.05, 0) is 45.0 Å². The van der Waals surface area contributed by atoms with Crippen molar-refractivity contribution in [3.05, 3.63) is 34.2 Å². The van der Waals surface area contributed by atoms with Crippen LogP contribution in [0.2, 0.25) is 0 Å².